The highest BCUT2D eigenvalue weighted by Crippen LogP contribution is 2.37. The fourth-order valence-electron chi connectivity index (χ4n) is 4.10. The number of hydrogen-bond donors (Lipinski definition) is 3. The largest absolute Gasteiger partial charge is 0.341 e. The van der Waals surface area contributed by atoms with E-state index in [1.165, 1.54) is 6.42 Å². The van der Waals surface area contributed by atoms with E-state index < -0.39 is 6.04 Å². The number of carbonyl (C=O) groups is 2. The van der Waals surface area contributed by atoms with E-state index in [-0.39, 0.29) is 30.3 Å². The minimum atomic E-state index is -0.489. The molecule has 0 aliphatic carbocycles. The third-order valence-electron chi connectivity index (χ3n) is 5.98. The fraction of sp³-hybridized carbons (Fsp3) is 0.619. The summed E-state index contributed by atoms with van der Waals surface area (Å²) < 4.78 is 0. The Morgan fingerprint density at radius 1 is 1.14 bits per heavy atom. The van der Waals surface area contributed by atoms with Gasteiger partial charge in [-0.05, 0) is 42.7 Å². The lowest BCUT2D eigenvalue weighted by Gasteiger charge is -2.40. The van der Waals surface area contributed by atoms with Crippen molar-refractivity contribution >= 4 is 24.3 Å². The highest BCUT2D eigenvalue weighted by molar-refractivity contribution is 5.87. The van der Waals surface area contributed by atoms with E-state index in [9.17, 15) is 9.59 Å². The van der Waals surface area contributed by atoms with Gasteiger partial charge in [-0.2, -0.15) is 0 Å². The first-order chi connectivity index (χ1) is 13.0. The van der Waals surface area contributed by atoms with Crippen molar-refractivity contribution in [1.29, 1.82) is 0 Å². The third-order valence-corrected chi connectivity index (χ3v) is 5.98. The Morgan fingerprint density at radius 3 is 2.39 bits per heavy atom. The number of rotatable bonds is 5. The van der Waals surface area contributed by atoms with Gasteiger partial charge in [-0.15, -0.1) is 12.4 Å². The maximum absolute atomic E-state index is 13.0. The summed E-state index contributed by atoms with van der Waals surface area (Å²) in [5, 5.41) is 9.20. The van der Waals surface area contributed by atoms with Gasteiger partial charge in [0.1, 0.15) is 6.04 Å². The molecule has 2 aliphatic rings. The first-order valence-electron chi connectivity index (χ1n) is 10.1. The summed E-state index contributed by atoms with van der Waals surface area (Å²) in [7, 11) is 0. The van der Waals surface area contributed by atoms with Gasteiger partial charge < -0.3 is 20.9 Å². The molecule has 2 heterocycles. The van der Waals surface area contributed by atoms with Gasteiger partial charge >= 0.3 is 6.03 Å². The highest BCUT2D eigenvalue weighted by Gasteiger charge is 2.39. The average Bonchev–Trinajstić information content (AvgIpc) is 3.13. The molecule has 0 bridgehead atoms. The van der Waals surface area contributed by atoms with Crippen LogP contribution in [0.1, 0.15) is 38.7 Å². The van der Waals surface area contributed by atoms with Crippen LogP contribution in [0.15, 0.2) is 30.3 Å². The fourth-order valence-corrected chi connectivity index (χ4v) is 4.10. The van der Waals surface area contributed by atoms with Crippen molar-refractivity contribution in [3.63, 3.8) is 0 Å². The van der Waals surface area contributed by atoms with Gasteiger partial charge in [0.05, 0.1) is 0 Å². The predicted molar refractivity (Wildman–Crippen MR) is 113 cm³/mol. The molecule has 7 heteroatoms. The topological polar surface area (TPSA) is 73.5 Å². The Balaban J connectivity index is 0.00000280. The van der Waals surface area contributed by atoms with Gasteiger partial charge in [0.2, 0.25) is 5.91 Å². The van der Waals surface area contributed by atoms with Crippen LogP contribution in [0.3, 0.4) is 0 Å². The number of halogens is 1. The summed E-state index contributed by atoms with van der Waals surface area (Å²) in [6, 6.07) is 8.98. The second-order valence-corrected chi connectivity index (χ2v) is 8.29. The molecule has 1 atom stereocenters. The molecule has 156 valence electrons. The molecule has 3 amide bonds. The second-order valence-electron chi connectivity index (χ2n) is 8.29. The molecule has 2 fully saturated rings. The molecule has 1 unspecified atom stereocenters. The standard InChI is InChI=1S/C21H32N4O2.ClH/c1-16(2)18(24-20(27)23-14-17-6-4-3-5-7-17)19(26)25-12-9-21(10-13-25)8-11-22-15-21;/h3-7,16,18,22H,8-15H2,1-2H3,(H2,23,24,27);1H. The number of benzene rings is 1. The summed E-state index contributed by atoms with van der Waals surface area (Å²) in [4.78, 5) is 27.3. The molecule has 6 nitrogen and oxygen atoms in total. The molecule has 3 N–H and O–H groups in total. The minimum absolute atomic E-state index is 0. The first kappa shape index (κ1) is 22.5. The zero-order chi connectivity index (χ0) is 19.3. The average molecular weight is 409 g/mol. The highest BCUT2D eigenvalue weighted by atomic mass is 35.5. The van der Waals surface area contributed by atoms with Crippen molar-refractivity contribution < 1.29 is 9.59 Å². The van der Waals surface area contributed by atoms with Gasteiger partial charge in [0, 0.05) is 26.2 Å². The van der Waals surface area contributed by atoms with Gasteiger partial charge in [0.25, 0.3) is 0 Å². The predicted octanol–water partition coefficient (Wildman–Crippen LogP) is 2.53. The number of hydrogen-bond acceptors (Lipinski definition) is 3. The number of piperidine rings is 1. The van der Waals surface area contributed by atoms with E-state index in [1.807, 2.05) is 49.1 Å². The summed E-state index contributed by atoms with van der Waals surface area (Å²) in [6.07, 6.45) is 3.32. The number of nitrogens with one attached hydrogen (secondary N) is 3. The summed E-state index contributed by atoms with van der Waals surface area (Å²) >= 11 is 0. The molecule has 3 rings (SSSR count). The molecule has 0 aromatic heterocycles. The van der Waals surface area contributed by atoms with Gasteiger partial charge in [-0.1, -0.05) is 44.2 Å². The third kappa shape index (κ3) is 5.61. The zero-order valence-corrected chi connectivity index (χ0v) is 17.7. The van der Waals surface area contributed by atoms with Crippen molar-refractivity contribution in [2.24, 2.45) is 11.3 Å². The number of urea groups is 1. The van der Waals surface area contributed by atoms with Crippen LogP contribution in [-0.4, -0.2) is 49.1 Å². The lowest BCUT2D eigenvalue weighted by molar-refractivity contribution is -0.136. The maximum atomic E-state index is 13.0. The van der Waals surface area contributed by atoms with Crippen molar-refractivity contribution in [1.82, 2.24) is 20.9 Å². The van der Waals surface area contributed by atoms with Crippen LogP contribution in [0.25, 0.3) is 0 Å². The Hall–Kier alpha value is -1.79. The monoisotopic (exact) mass is 408 g/mol. The summed E-state index contributed by atoms with van der Waals surface area (Å²) in [5.74, 6) is 0.0877. The van der Waals surface area contributed by atoms with Gasteiger partial charge in [-0.25, -0.2) is 4.79 Å². The van der Waals surface area contributed by atoms with Gasteiger partial charge in [0.15, 0.2) is 0 Å². The lowest BCUT2D eigenvalue weighted by Crippen LogP contribution is -2.55. The lowest BCUT2D eigenvalue weighted by atomic mass is 9.77. The molecular weight excluding hydrogens is 376 g/mol. The first-order valence-corrected chi connectivity index (χ1v) is 10.1. The van der Waals surface area contributed by atoms with Gasteiger partial charge in [-0.3, -0.25) is 4.79 Å². The Kier molecular flexibility index (Phi) is 8.13. The van der Waals surface area contributed by atoms with E-state index in [0.717, 1.165) is 44.6 Å². The molecule has 2 saturated heterocycles. The second kappa shape index (κ2) is 10.1. The van der Waals surface area contributed by atoms with Crippen molar-refractivity contribution in [3.05, 3.63) is 35.9 Å². The van der Waals surface area contributed by atoms with E-state index in [4.69, 9.17) is 0 Å². The Bertz CT molecular complexity index is 637. The Morgan fingerprint density at radius 2 is 1.82 bits per heavy atom. The van der Waals surface area contributed by atoms with Crippen LogP contribution in [0.2, 0.25) is 0 Å². The molecule has 2 aliphatic heterocycles. The molecule has 0 saturated carbocycles. The zero-order valence-electron chi connectivity index (χ0n) is 16.9. The smallest absolute Gasteiger partial charge is 0.315 e. The van der Waals surface area contributed by atoms with Crippen LogP contribution in [0.5, 0.6) is 0 Å². The Labute approximate surface area is 174 Å². The van der Waals surface area contributed by atoms with Crippen LogP contribution in [0.4, 0.5) is 4.79 Å². The van der Waals surface area contributed by atoms with E-state index in [2.05, 4.69) is 16.0 Å². The molecule has 28 heavy (non-hydrogen) atoms. The van der Waals surface area contributed by atoms with E-state index in [0.29, 0.717) is 12.0 Å². The van der Waals surface area contributed by atoms with E-state index >= 15 is 0 Å². The van der Waals surface area contributed by atoms with Crippen LogP contribution < -0.4 is 16.0 Å². The van der Waals surface area contributed by atoms with Crippen LogP contribution >= 0.6 is 12.4 Å². The van der Waals surface area contributed by atoms with Crippen molar-refractivity contribution in [2.75, 3.05) is 26.2 Å². The quantitative estimate of drug-likeness (QED) is 0.700. The maximum Gasteiger partial charge on any atom is 0.315 e. The molecule has 1 aromatic rings. The van der Waals surface area contributed by atoms with Crippen molar-refractivity contribution in [3.8, 4) is 0 Å². The molecule has 0 radical (unpaired) electrons. The van der Waals surface area contributed by atoms with E-state index in [1.54, 1.807) is 0 Å². The number of likely N-dealkylation sites (tertiary alicyclic amines) is 1. The molecule has 1 spiro atoms. The van der Waals surface area contributed by atoms with Crippen LogP contribution in [-0.2, 0) is 11.3 Å². The summed E-state index contributed by atoms with van der Waals surface area (Å²) in [6.45, 7) is 8.15. The normalized spacial score (nSPS) is 19.2. The number of nitrogens with zero attached hydrogens (tertiary/aromatic N) is 1. The van der Waals surface area contributed by atoms with Crippen molar-refractivity contribution in [2.45, 2.75) is 45.7 Å². The summed E-state index contributed by atoms with van der Waals surface area (Å²) in [5.41, 5.74) is 1.41. The number of amides is 3. The minimum Gasteiger partial charge on any atom is -0.341 e. The molecule has 1 aromatic carbocycles. The SMILES string of the molecule is CC(C)C(NC(=O)NCc1ccccc1)C(=O)N1CCC2(CCNC2)CC1.Cl. The molecular formula is C21H33ClN4O2. The number of carbonyl (C=O) groups excluding carboxylic acids is 2. The van der Waals surface area contributed by atoms with Crippen LogP contribution in [0, 0.1) is 11.3 Å².